The van der Waals surface area contributed by atoms with Crippen LogP contribution in [-0.2, 0) is 22.9 Å². The second-order valence-electron chi connectivity index (χ2n) is 6.20. The van der Waals surface area contributed by atoms with Crippen molar-refractivity contribution in [2.24, 2.45) is 0 Å². The molecule has 0 fully saturated rings. The van der Waals surface area contributed by atoms with E-state index in [4.69, 9.17) is 0 Å². The van der Waals surface area contributed by atoms with Gasteiger partial charge in [0.2, 0.25) is 0 Å². The molecule has 0 saturated carbocycles. The highest BCUT2D eigenvalue weighted by Gasteiger charge is 2.22. The summed E-state index contributed by atoms with van der Waals surface area (Å²) >= 11 is 1.44. The summed E-state index contributed by atoms with van der Waals surface area (Å²) in [6.07, 6.45) is 3.12. The van der Waals surface area contributed by atoms with E-state index < -0.39 is 15.9 Å². The molecule has 1 aromatic heterocycles. The first kappa shape index (κ1) is 17.1. The van der Waals surface area contributed by atoms with Crippen molar-refractivity contribution in [3.63, 3.8) is 0 Å². The van der Waals surface area contributed by atoms with E-state index >= 15 is 0 Å². The van der Waals surface area contributed by atoms with Crippen molar-refractivity contribution in [3.05, 3.63) is 50.2 Å². The van der Waals surface area contributed by atoms with Crippen molar-refractivity contribution < 1.29 is 13.2 Å². The molecular formula is C17H20N2O3S2. The molecule has 24 heavy (non-hydrogen) atoms. The van der Waals surface area contributed by atoms with Gasteiger partial charge in [-0.2, -0.15) is 0 Å². The number of fused-ring (bicyclic) bond motifs is 1. The zero-order valence-electron chi connectivity index (χ0n) is 13.9. The van der Waals surface area contributed by atoms with Crippen LogP contribution in [0.4, 0.5) is 0 Å². The number of thiophene rings is 1. The molecule has 128 valence electrons. The minimum absolute atomic E-state index is 0.210. The van der Waals surface area contributed by atoms with Gasteiger partial charge in [0, 0.05) is 4.88 Å². The Hall–Kier alpha value is -1.70. The highest BCUT2D eigenvalue weighted by Crippen LogP contribution is 2.30. The van der Waals surface area contributed by atoms with E-state index in [1.165, 1.54) is 21.8 Å². The van der Waals surface area contributed by atoms with Crippen LogP contribution in [0, 0.1) is 20.8 Å². The summed E-state index contributed by atoms with van der Waals surface area (Å²) in [4.78, 5) is 16.4. The van der Waals surface area contributed by atoms with Gasteiger partial charge in [0.05, 0.1) is 9.77 Å². The van der Waals surface area contributed by atoms with Crippen LogP contribution in [0.2, 0.25) is 0 Å². The molecule has 2 N–H and O–H groups in total. The molecule has 0 spiro atoms. The maximum Gasteiger partial charge on any atom is 0.276 e. The quantitative estimate of drug-likeness (QED) is 0.819. The van der Waals surface area contributed by atoms with E-state index in [0.29, 0.717) is 16.0 Å². The molecule has 0 aliphatic heterocycles. The van der Waals surface area contributed by atoms with E-state index in [1.807, 2.05) is 25.1 Å². The lowest BCUT2D eigenvalue weighted by Gasteiger charge is -2.13. The number of hydrogen-bond acceptors (Lipinski definition) is 4. The molecule has 5 nitrogen and oxygen atoms in total. The molecule has 3 rings (SSSR count). The van der Waals surface area contributed by atoms with Crippen molar-refractivity contribution in [1.82, 2.24) is 10.3 Å². The Balaban J connectivity index is 1.76. The van der Waals surface area contributed by atoms with E-state index in [-0.39, 0.29) is 4.90 Å². The fraction of sp³-hybridized carbons (Fsp3) is 0.353. The van der Waals surface area contributed by atoms with Gasteiger partial charge in [0.15, 0.2) is 0 Å². The highest BCUT2D eigenvalue weighted by atomic mass is 32.2. The van der Waals surface area contributed by atoms with Gasteiger partial charge in [0.25, 0.3) is 15.9 Å². The lowest BCUT2D eigenvalue weighted by Crippen LogP contribution is -2.41. The molecule has 0 unspecified atom stereocenters. The molecule has 2 aromatic rings. The third kappa shape index (κ3) is 3.24. The summed E-state index contributed by atoms with van der Waals surface area (Å²) in [6.45, 7) is 5.42. The van der Waals surface area contributed by atoms with Gasteiger partial charge in [-0.3, -0.25) is 10.2 Å². The summed E-state index contributed by atoms with van der Waals surface area (Å²) in [5, 5.41) is 0. The maximum absolute atomic E-state index is 12.5. The number of nitrogens with one attached hydrogen (secondary N) is 2. The third-order valence-electron chi connectivity index (χ3n) is 4.14. The first-order chi connectivity index (χ1) is 11.3. The molecule has 1 aromatic carbocycles. The Morgan fingerprint density at radius 1 is 1.08 bits per heavy atom. The van der Waals surface area contributed by atoms with Crippen LogP contribution in [-0.4, -0.2) is 14.3 Å². The monoisotopic (exact) mass is 364 g/mol. The first-order valence-corrected chi connectivity index (χ1v) is 10.1. The highest BCUT2D eigenvalue weighted by molar-refractivity contribution is 7.89. The van der Waals surface area contributed by atoms with Crippen LogP contribution >= 0.6 is 11.3 Å². The van der Waals surface area contributed by atoms with Gasteiger partial charge in [-0.05, 0) is 62.8 Å². The first-order valence-electron chi connectivity index (χ1n) is 7.79. The number of benzene rings is 1. The second-order valence-corrected chi connectivity index (χ2v) is 8.96. The largest absolute Gasteiger partial charge is 0.276 e. The van der Waals surface area contributed by atoms with Crippen LogP contribution in [0.15, 0.2) is 23.1 Å². The molecule has 0 radical (unpaired) electrons. The number of carbonyl (C=O) groups is 1. The smallest absolute Gasteiger partial charge is 0.273 e. The van der Waals surface area contributed by atoms with E-state index in [2.05, 4.69) is 10.3 Å². The predicted molar refractivity (Wildman–Crippen MR) is 94.8 cm³/mol. The van der Waals surface area contributed by atoms with E-state index in [0.717, 1.165) is 24.8 Å². The standard InChI is InChI=1S/C17H20N2O3S2/c1-10-7-11(2)16(12(3)8-10)24(21,22)19-18-17(20)15-9-13-5-4-6-14(13)23-15/h7-9,19H,4-6H2,1-3H3,(H,18,20). The van der Waals surface area contributed by atoms with Gasteiger partial charge in [-0.1, -0.05) is 17.7 Å². The Morgan fingerprint density at radius 3 is 2.38 bits per heavy atom. The van der Waals surface area contributed by atoms with Gasteiger partial charge >= 0.3 is 0 Å². The lowest BCUT2D eigenvalue weighted by molar-refractivity contribution is 0.0949. The third-order valence-corrected chi connectivity index (χ3v) is 6.93. The number of carbonyl (C=O) groups excluding carboxylic acids is 1. The van der Waals surface area contributed by atoms with Crippen LogP contribution in [0.1, 0.15) is 43.2 Å². The number of amides is 1. The van der Waals surface area contributed by atoms with Crippen LogP contribution in [0.3, 0.4) is 0 Å². The number of hydrogen-bond donors (Lipinski definition) is 2. The lowest BCUT2D eigenvalue weighted by atomic mass is 10.1. The van der Waals surface area contributed by atoms with Gasteiger partial charge < -0.3 is 0 Å². The van der Waals surface area contributed by atoms with Crippen LogP contribution in [0.25, 0.3) is 0 Å². The second kappa shape index (κ2) is 6.31. The Bertz CT molecular complexity index is 869. The zero-order chi connectivity index (χ0) is 17.5. The molecule has 0 saturated heterocycles. The molecule has 0 bridgehead atoms. The van der Waals surface area contributed by atoms with Gasteiger partial charge in [-0.25, -0.2) is 8.42 Å². The molecule has 1 aliphatic carbocycles. The topological polar surface area (TPSA) is 75.3 Å². The molecule has 1 amide bonds. The van der Waals surface area contributed by atoms with Crippen molar-refractivity contribution in [2.45, 2.75) is 44.9 Å². The minimum Gasteiger partial charge on any atom is -0.273 e. The number of rotatable bonds is 4. The molecule has 1 heterocycles. The van der Waals surface area contributed by atoms with Crippen molar-refractivity contribution >= 4 is 27.3 Å². The molecule has 0 atom stereocenters. The zero-order valence-corrected chi connectivity index (χ0v) is 15.5. The molecule has 7 heteroatoms. The van der Waals surface area contributed by atoms with Crippen molar-refractivity contribution in [2.75, 3.05) is 0 Å². The van der Waals surface area contributed by atoms with Crippen molar-refractivity contribution in [1.29, 1.82) is 0 Å². The van der Waals surface area contributed by atoms with Crippen LogP contribution in [0.5, 0.6) is 0 Å². The maximum atomic E-state index is 12.5. The van der Waals surface area contributed by atoms with Crippen LogP contribution < -0.4 is 10.3 Å². The summed E-state index contributed by atoms with van der Waals surface area (Å²) in [5.41, 5.74) is 5.85. The minimum atomic E-state index is -3.81. The van der Waals surface area contributed by atoms with Crippen molar-refractivity contribution in [3.8, 4) is 0 Å². The van der Waals surface area contributed by atoms with E-state index in [1.54, 1.807) is 13.8 Å². The summed E-state index contributed by atoms with van der Waals surface area (Å²) in [5.74, 6) is -0.416. The SMILES string of the molecule is Cc1cc(C)c(S(=O)(=O)NNC(=O)c2cc3c(s2)CCC3)c(C)c1. The Morgan fingerprint density at radius 2 is 1.75 bits per heavy atom. The Labute approximate surface area is 146 Å². The summed E-state index contributed by atoms with van der Waals surface area (Å²) in [7, 11) is -3.81. The van der Waals surface area contributed by atoms with E-state index in [9.17, 15) is 13.2 Å². The Kier molecular flexibility index (Phi) is 4.50. The fourth-order valence-corrected chi connectivity index (χ4v) is 5.70. The van der Waals surface area contributed by atoms with Gasteiger partial charge in [0.1, 0.15) is 0 Å². The summed E-state index contributed by atoms with van der Waals surface area (Å²) < 4.78 is 25.1. The molecular weight excluding hydrogens is 344 g/mol. The fourth-order valence-electron chi connectivity index (χ4n) is 3.26. The average Bonchev–Trinajstić information content (AvgIpc) is 3.04. The predicted octanol–water partition coefficient (Wildman–Crippen LogP) is 2.79. The number of aryl methyl sites for hydroxylation is 5. The normalized spacial score (nSPS) is 13.8. The molecule has 1 aliphatic rings. The van der Waals surface area contributed by atoms with Gasteiger partial charge in [-0.15, -0.1) is 16.2 Å². The number of sulfonamides is 1. The summed E-state index contributed by atoms with van der Waals surface area (Å²) in [6, 6.07) is 5.49. The average molecular weight is 364 g/mol. The number of hydrazine groups is 1.